The normalized spacial score (nSPS) is 25.0. The Hall–Kier alpha value is -0.290. The highest BCUT2D eigenvalue weighted by Crippen LogP contribution is 2.31. The molecule has 0 radical (unpaired) electrons. The van der Waals surface area contributed by atoms with Gasteiger partial charge in [0.1, 0.15) is 0 Å². The van der Waals surface area contributed by atoms with E-state index in [0.717, 1.165) is 36.8 Å². The molecule has 2 fully saturated rings. The fourth-order valence-electron chi connectivity index (χ4n) is 3.12. The van der Waals surface area contributed by atoms with E-state index in [4.69, 9.17) is 11.6 Å². The van der Waals surface area contributed by atoms with Gasteiger partial charge in [0, 0.05) is 23.1 Å². The van der Waals surface area contributed by atoms with Crippen molar-refractivity contribution < 1.29 is 4.79 Å². The van der Waals surface area contributed by atoms with Crippen molar-refractivity contribution in [3.8, 4) is 0 Å². The van der Waals surface area contributed by atoms with Crippen LogP contribution in [0, 0.1) is 0 Å². The van der Waals surface area contributed by atoms with Crippen LogP contribution < -0.4 is 5.32 Å². The van der Waals surface area contributed by atoms with Crippen molar-refractivity contribution in [3.63, 3.8) is 0 Å². The lowest BCUT2D eigenvalue weighted by molar-refractivity contribution is 0.0680. The summed E-state index contributed by atoms with van der Waals surface area (Å²) in [5.41, 5.74) is 0.615. The minimum atomic E-state index is 0. The van der Waals surface area contributed by atoms with Crippen molar-refractivity contribution in [2.24, 2.45) is 0 Å². The molecule has 110 valence electrons. The van der Waals surface area contributed by atoms with E-state index in [2.05, 4.69) is 26.1 Å². The third-order valence-electron chi connectivity index (χ3n) is 4.05. The van der Waals surface area contributed by atoms with Gasteiger partial charge in [-0.1, -0.05) is 27.5 Å². The molecule has 2 unspecified atom stereocenters. The van der Waals surface area contributed by atoms with Crippen LogP contribution in [-0.2, 0) is 0 Å². The molecule has 3 rings (SSSR count). The van der Waals surface area contributed by atoms with Crippen LogP contribution in [-0.4, -0.2) is 36.0 Å². The molecular weight excluding hydrogens is 363 g/mol. The summed E-state index contributed by atoms with van der Waals surface area (Å²) in [4.78, 5) is 14.8. The highest BCUT2D eigenvalue weighted by Gasteiger charge is 2.38. The number of nitrogens with one attached hydrogen (secondary N) is 1. The van der Waals surface area contributed by atoms with Crippen molar-refractivity contribution in [1.82, 2.24) is 10.2 Å². The predicted molar refractivity (Wildman–Crippen MR) is 86.9 cm³/mol. The maximum atomic E-state index is 12.7. The number of fused-ring (bicyclic) bond motifs is 2. The van der Waals surface area contributed by atoms with Gasteiger partial charge in [-0.2, -0.15) is 0 Å². The second-order valence-corrected chi connectivity index (χ2v) is 6.54. The standard InChI is InChI=1S/C14H16BrClN2O.ClH/c15-9-1-4-12(13(16)7-9)14(19)18-10-2-3-11(18)8-17-6-5-10;/h1,4,7,10-11,17H,2-3,5-6,8H2;1H. The molecule has 2 aliphatic rings. The van der Waals surface area contributed by atoms with Gasteiger partial charge in [0.05, 0.1) is 10.6 Å². The Morgan fingerprint density at radius 2 is 2.05 bits per heavy atom. The van der Waals surface area contributed by atoms with Crippen molar-refractivity contribution >= 4 is 45.8 Å². The molecule has 2 saturated heterocycles. The molecule has 0 aromatic heterocycles. The third-order valence-corrected chi connectivity index (χ3v) is 4.86. The van der Waals surface area contributed by atoms with Crippen LogP contribution in [0.15, 0.2) is 22.7 Å². The molecule has 6 heteroatoms. The molecule has 1 amide bonds. The van der Waals surface area contributed by atoms with Gasteiger partial charge >= 0.3 is 0 Å². The Balaban J connectivity index is 0.00000147. The van der Waals surface area contributed by atoms with Crippen LogP contribution in [0.5, 0.6) is 0 Å². The van der Waals surface area contributed by atoms with Gasteiger partial charge in [0.15, 0.2) is 0 Å². The number of amides is 1. The predicted octanol–water partition coefficient (Wildman–Crippen LogP) is 3.49. The van der Waals surface area contributed by atoms with Crippen LogP contribution in [0.3, 0.4) is 0 Å². The Bertz CT molecular complexity index is 498. The van der Waals surface area contributed by atoms with E-state index in [1.165, 1.54) is 0 Å². The quantitative estimate of drug-likeness (QED) is 0.809. The van der Waals surface area contributed by atoms with Gasteiger partial charge in [-0.15, -0.1) is 12.4 Å². The summed E-state index contributed by atoms with van der Waals surface area (Å²) in [7, 11) is 0. The van der Waals surface area contributed by atoms with Crippen molar-refractivity contribution in [1.29, 1.82) is 0 Å². The van der Waals surface area contributed by atoms with E-state index >= 15 is 0 Å². The molecule has 0 saturated carbocycles. The number of carbonyl (C=O) groups excluding carboxylic acids is 1. The number of halogens is 3. The number of rotatable bonds is 1. The molecule has 2 aliphatic heterocycles. The van der Waals surface area contributed by atoms with E-state index < -0.39 is 0 Å². The Morgan fingerprint density at radius 3 is 2.80 bits per heavy atom. The van der Waals surface area contributed by atoms with E-state index in [1.54, 1.807) is 6.07 Å². The molecule has 20 heavy (non-hydrogen) atoms. The SMILES string of the molecule is Cl.O=C(c1ccc(Br)cc1Cl)N1C2CCNCC1CC2. The summed E-state index contributed by atoms with van der Waals surface area (Å²) in [6, 6.07) is 6.16. The maximum absolute atomic E-state index is 12.7. The first-order valence-electron chi connectivity index (χ1n) is 6.65. The summed E-state index contributed by atoms with van der Waals surface area (Å²) < 4.78 is 0.898. The summed E-state index contributed by atoms with van der Waals surface area (Å²) in [6.45, 7) is 1.90. The Kier molecular flexibility index (Phi) is 5.35. The number of hydrogen-bond acceptors (Lipinski definition) is 2. The summed E-state index contributed by atoms with van der Waals surface area (Å²) in [5, 5.41) is 3.93. The number of carbonyl (C=O) groups is 1. The molecule has 2 atom stereocenters. The maximum Gasteiger partial charge on any atom is 0.255 e. The molecule has 1 aromatic rings. The van der Waals surface area contributed by atoms with Crippen LogP contribution >= 0.6 is 39.9 Å². The van der Waals surface area contributed by atoms with E-state index in [0.29, 0.717) is 22.7 Å². The number of benzene rings is 1. The first-order chi connectivity index (χ1) is 9.16. The lowest BCUT2D eigenvalue weighted by Gasteiger charge is -2.28. The second kappa shape index (κ2) is 6.65. The average molecular weight is 380 g/mol. The molecule has 1 aromatic carbocycles. The molecular formula is C14H17BrCl2N2O. The van der Waals surface area contributed by atoms with Crippen LogP contribution in [0.2, 0.25) is 5.02 Å². The van der Waals surface area contributed by atoms with Gasteiger partial charge in [-0.05, 0) is 44.0 Å². The summed E-state index contributed by atoms with van der Waals surface area (Å²) >= 11 is 9.58. The van der Waals surface area contributed by atoms with Gasteiger partial charge in [0.2, 0.25) is 0 Å². The Labute approximate surface area is 138 Å². The lowest BCUT2D eigenvalue weighted by atomic mass is 10.1. The minimum Gasteiger partial charge on any atom is -0.331 e. The van der Waals surface area contributed by atoms with Gasteiger partial charge in [-0.25, -0.2) is 0 Å². The summed E-state index contributed by atoms with van der Waals surface area (Å²) in [5.74, 6) is 0.0775. The third kappa shape index (κ3) is 2.98. The topological polar surface area (TPSA) is 32.3 Å². The van der Waals surface area contributed by atoms with Crippen molar-refractivity contribution in [3.05, 3.63) is 33.3 Å². The Morgan fingerprint density at radius 1 is 1.30 bits per heavy atom. The number of nitrogens with zero attached hydrogens (tertiary/aromatic N) is 1. The molecule has 2 heterocycles. The molecule has 3 nitrogen and oxygen atoms in total. The van der Waals surface area contributed by atoms with Crippen LogP contribution in [0.1, 0.15) is 29.6 Å². The van der Waals surface area contributed by atoms with Crippen LogP contribution in [0.4, 0.5) is 0 Å². The fraction of sp³-hybridized carbons (Fsp3) is 0.500. The minimum absolute atomic E-state index is 0. The van der Waals surface area contributed by atoms with Gasteiger partial charge < -0.3 is 10.2 Å². The zero-order valence-corrected chi connectivity index (χ0v) is 14.1. The van der Waals surface area contributed by atoms with E-state index in [9.17, 15) is 4.79 Å². The van der Waals surface area contributed by atoms with Crippen LogP contribution in [0.25, 0.3) is 0 Å². The molecule has 1 N–H and O–H groups in total. The van der Waals surface area contributed by atoms with E-state index in [-0.39, 0.29) is 18.3 Å². The molecule has 0 spiro atoms. The van der Waals surface area contributed by atoms with Gasteiger partial charge in [-0.3, -0.25) is 4.79 Å². The zero-order valence-electron chi connectivity index (χ0n) is 10.9. The van der Waals surface area contributed by atoms with E-state index in [1.807, 2.05) is 12.1 Å². The molecule has 0 aliphatic carbocycles. The second-order valence-electron chi connectivity index (χ2n) is 5.21. The highest BCUT2D eigenvalue weighted by atomic mass is 79.9. The first-order valence-corrected chi connectivity index (χ1v) is 7.82. The monoisotopic (exact) mass is 378 g/mol. The highest BCUT2D eigenvalue weighted by molar-refractivity contribution is 9.10. The largest absolute Gasteiger partial charge is 0.331 e. The molecule has 2 bridgehead atoms. The lowest BCUT2D eigenvalue weighted by Crippen LogP contribution is -2.42. The van der Waals surface area contributed by atoms with Gasteiger partial charge in [0.25, 0.3) is 5.91 Å². The van der Waals surface area contributed by atoms with Crippen molar-refractivity contribution in [2.45, 2.75) is 31.3 Å². The number of hydrogen-bond donors (Lipinski definition) is 1. The average Bonchev–Trinajstić information content (AvgIpc) is 2.62. The fourth-order valence-corrected chi connectivity index (χ4v) is 3.87. The van der Waals surface area contributed by atoms with Crippen molar-refractivity contribution in [2.75, 3.05) is 13.1 Å². The smallest absolute Gasteiger partial charge is 0.255 e. The first kappa shape index (κ1) is 16.1. The zero-order chi connectivity index (χ0) is 13.4. The summed E-state index contributed by atoms with van der Waals surface area (Å²) in [6.07, 6.45) is 3.25.